The van der Waals surface area contributed by atoms with Crippen molar-refractivity contribution in [1.82, 2.24) is 5.01 Å². The largest absolute Gasteiger partial charge is 0.497 e. The third kappa shape index (κ3) is 4.00. The molecule has 0 aliphatic carbocycles. The topological polar surface area (TPSA) is 73.5 Å². The molecule has 4 rings (SSSR count). The molecular formula is C23H22N2O5. The lowest BCUT2D eigenvalue weighted by molar-refractivity contribution is -0.135. The lowest BCUT2D eigenvalue weighted by Gasteiger charge is -2.20. The van der Waals surface area contributed by atoms with Gasteiger partial charge in [0.25, 0.3) is 5.91 Å². The quantitative estimate of drug-likeness (QED) is 0.592. The Morgan fingerprint density at radius 2 is 1.80 bits per heavy atom. The summed E-state index contributed by atoms with van der Waals surface area (Å²) in [5, 5.41) is 6.03. The van der Waals surface area contributed by atoms with Crippen LogP contribution in [-0.2, 0) is 4.79 Å². The molecule has 2 aromatic carbocycles. The highest BCUT2D eigenvalue weighted by Crippen LogP contribution is 2.34. The van der Waals surface area contributed by atoms with Gasteiger partial charge in [0.05, 0.1) is 26.2 Å². The predicted octanol–water partition coefficient (Wildman–Crippen LogP) is 4.05. The Balaban J connectivity index is 1.55. The van der Waals surface area contributed by atoms with Crippen molar-refractivity contribution in [3.8, 4) is 17.2 Å². The molecule has 1 aliphatic rings. The molecule has 0 fully saturated rings. The number of carbonyl (C=O) groups is 1. The maximum Gasteiger partial charge on any atom is 0.281 e. The van der Waals surface area contributed by atoms with E-state index in [0.717, 1.165) is 17.0 Å². The summed E-state index contributed by atoms with van der Waals surface area (Å²) in [5.41, 5.74) is 1.72. The Kier molecular flexibility index (Phi) is 5.70. The summed E-state index contributed by atoms with van der Waals surface area (Å²) in [4.78, 5) is 13.0. The number of hydrogen-bond donors (Lipinski definition) is 0. The molecule has 0 bridgehead atoms. The van der Waals surface area contributed by atoms with Crippen LogP contribution in [0.3, 0.4) is 0 Å². The molecule has 0 spiro atoms. The van der Waals surface area contributed by atoms with Gasteiger partial charge in [-0.1, -0.05) is 12.1 Å². The number of carbonyl (C=O) groups excluding carboxylic acids is 1. The van der Waals surface area contributed by atoms with Crippen LogP contribution in [0.15, 0.2) is 76.4 Å². The van der Waals surface area contributed by atoms with Crippen molar-refractivity contribution in [2.75, 3.05) is 20.8 Å². The summed E-state index contributed by atoms with van der Waals surface area (Å²) in [5.74, 6) is 2.23. The molecule has 0 saturated carbocycles. The highest BCUT2D eigenvalue weighted by atomic mass is 16.5. The highest BCUT2D eigenvalue weighted by molar-refractivity contribution is 6.03. The fraction of sp³-hybridized carbons (Fsp3) is 0.217. The molecule has 7 nitrogen and oxygen atoms in total. The van der Waals surface area contributed by atoms with E-state index in [0.29, 0.717) is 23.7 Å². The second kappa shape index (κ2) is 8.73. The van der Waals surface area contributed by atoms with Crippen molar-refractivity contribution in [2.45, 2.75) is 12.5 Å². The van der Waals surface area contributed by atoms with Crippen LogP contribution in [0.1, 0.15) is 23.8 Å². The Hall–Kier alpha value is -3.74. The number of para-hydroxylation sites is 2. The fourth-order valence-corrected chi connectivity index (χ4v) is 3.34. The normalized spacial score (nSPS) is 15.6. The number of amides is 1. The Morgan fingerprint density at radius 3 is 2.47 bits per heavy atom. The number of methoxy groups -OCH3 is 2. The van der Waals surface area contributed by atoms with E-state index >= 15 is 0 Å². The molecule has 0 radical (unpaired) electrons. The van der Waals surface area contributed by atoms with Crippen LogP contribution in [0.4, 0.5) is 0 Å². The zero-order chi connectivity index (χ0) is 20.9. The van der Waals surface area contributed by atoms with E-state index in [1.807, 2.05) is 42.5 Å². The van der Waals surface area contributed by atoms with E-state index in [4.69, 9.17) is 18.6 Å². The van der Waals surface area contributed by atoms with Crippen molar-refractivity contribution in [3.63, 3.8) is 0 Å². The van der Waals surface area contributed by atoms with Crippen LogP contribution < -0.4 is 14.2 Å². The van der Waals surface area contributed by atoms with Gasteiger partial charge in [0.15, 0.2) is 18.1 Å². The van der Waals surface area contributed by atoms with Gasteiger partial charge in [-0.05, 0) is 54.1 Å². The SMILES string of the molecule is COc1ccc(C2=NN(C(=O)COc3ccccc3OC)[C@H](c3ccco3)C2)cc1. The molecule has 0 unspecified atom stereocenters. The molecule has 0 saturated heterocycles. The van der Waals surface area contributed by atoms with Gasteiger partial charge < -0.3 is 18.6 Å². The molecular weight excluding hydrogens is 384 g/mol. The van der Waals surface area contributed by atoms with Gasteiger partial charge in [-0.25, -0.2) is 5.01 Å². The van der Waals surface area contributed by atoms with Crippen LogP contribution in [-0.4, -0.2) is 37.5 Å². The summed E-state index contributed by atoms with van der Waals surface area (Å²) >= 11 is 0. The minimum absolute atomic E-state index is 0.170. The van der Waals surface area contributed by atoms with Gasteiger partial charge >= 0.3 is 0 Å². The van der Waals surface area contributed by atoms with Crippen molar-refractivity contribution in [3.05, 3.63) is 78.3 Å². The van der Waals surface area contributed by atoms with Crippen molar-refractivity contribution >= 4 is 11.6 Å². The Morgan fingerprint density at radius 1 is 1.03 bits per heavy atom. The lowest BCUT2D eigenvalue weighted by atomic mass is 10.0. The number of benzene rings is 2. The van der Waals surface area contributed by atoms with Crippen molar-refractivity contribution in [2.24, 2.45) is 5.10 Å². The summed E-state index contributed by atoms with van der Waals surface area (Å²) in [6.45, 7) is -0.170. The first kappa shape index (κ1) is 19.6. The lowest BCUT2D eigenvalue weighted by Crippen LogP contribution is -2.31. The summed E-state index contributed by atoms with van der Waals surface area (Å²) in [6.07, 6.45) is 2.13. The molecule has 1 aromatic heterocycles. The standard InChI is InChI=1S/C23H22N2O5/c1-27-17-11-9-16(10-12-17)18-14-19(20-8-5-13-29-20)25(24-18)23(26)15-30-22-7-4-3-6-21(22)28-2/h3-13,19H,14-15H2,1-2H3/t19-/m0/s1. The van der Waals surface area contributed by atoms with Crippen LogP contribution in [0, 0.1) is 0 Å². The van der Waals surface area contributed by atoms with E-state index in [-0.39, 0.29) is 18.6 Å². The zero-order valence-electron chi connectivity index (χ0n) is 16.8. The molecule has 1 aliphatic heterocycles. The first-order valence-corrected chi connectivity index (χ1v) is 9.52. The van der Waals surface area contributed by atoms with Crippen LogP contribution in [0.25, 0.3) is 0 Å². The van der Waals surface area contributed by atoms with Gasteiger partial charge in [-0.15, -0.1) is 0 Å². The summed E-state index contributed by atoms with van der Waals surface area (Å²) in [6, 6.07) is 18.1. The Labute approximate surface area is 174 Å². The van der Waals surface area contributed by atoms with Gasteiger partial charge in [0, 0.05) is 6.42 Å². The van der Waals surface area contributed by atoms with Gasteiger partial charge in [-0.3, -0.25) is 4.79 Å². The number of nitrogens with zero attached hydrogens (tertiary/aromatic N) is 2. The monoisotopic (exact) mass is 406 g/mol. The maximum atomic E-state index is 13.0. The Bertz CT molecular complexity index is 1030. The van der Waals surface area contributed by atoms with E-state index < -0.39 is 0 Å². The molecule has 7 heteroatoms. The maximum absolute atomic E-state index is 13.0. The van der Waals surface area contributed by atoms with Gasteiger partial charge in [-0.2, -0.15) is 5.10 Å². The number of furan rings is 1. The van der Waals surface area contributed by atoms with Crippen LogP contribution in [0.5, 0.6) is 17.2 Å². The second-order valence-corrected chi connectivity index (χ2v) is 6.69. The van der Waals surface area contributed by atoms with E-state index in [2.05, 4.69) is 5.10 Å². The average molecular weight is 406 g/mol. The summed E-state index contributed by atoms with van der Waals surface area (Å²) in [7, 11) is 3.18. The molecule has 0 N–H and O–H groups in total. The zero-order valence-corrected chi connectivity index (χ0v) is 16.8. The van der Waals surface area contributed by atoms with Crippen LogP contribution >= 0.6 is 0 Å². The first-order chi connectivity index (χ1) is 14.7. The number of hydrogen-bond acceptors (Lipinski definition) is 6. The van der Waals surface area contributed by atoms with Crippen molar-refractivity contribution in [1.29, 1.82) is 0 Å². The van der Waals surface area contributed by atoms with E-state index in [1.165, 1.54) is 5.01 Å². The average Bonchev–Trinajstić information content (AvgIpc) is 3.47. The number of hydrazone groups is 1. The molecule has 1 atom stereocenters. The predicted molar refractivity (Wildman–Crippen MR) is 111 cm³/mol. The highest BCUT2D eigenvalue weighted by Gasteiger charge is 2.35. The van der Waals surface area contributed by atoms with Crippen molar-refractivity contribution < 1.29 is 23.4 Å². The minimum atomic E-state index is -0.328. The van der Waals surface area contributed by atoms with Gasteiger partial charge in [0.2, 0.25) is 0 Å². The van der Waals surface area contributed by atoms with Crippen LogP contribution in [0.2, 0.25) is 0 Å². The van der Waals surface area contributed by atoms with E-state index in [1.54, 1.807) is 38.7 Å². The molecule has 1 amide bonds. The van der Waals surface area contributed by atoms with E-state index in [9.17, 15) is 4.79 Å². The van der Waals surface area contributed by atoms with Gasteiger partial charge in [0.1, 0.15) is 17.6 Å². The number of rotatable bonds is 7. The third-order valence-corrected chi connectivity index (χ3v) is 4.88. The second-order valence-electron chi connectivity index (χ2n) is 6.69. The minimum Gasteiger partial charge on any atom is -0.497 e. The summed E-state index contributed by atoms with van der Waals surface area (Å²) < 4.78 is 21.8. The molecule has 30 heavy (non-hydrogen) atoms. The molecule has 3 aromatic rings. The third-order valence-electron chi connectivity index (χ3n) is 4.88. The molecule has 154 valence electrons. The first-order valence-electron chi connectivity index (χ1n) is 9.52. The molecule has 2 heterocycles. The number of ether oxygens (including phenoxy) is 3. The fourth-order valence-electron chi connectivity index (χ4n) is 3.34. The smallest absolute Gasteiger partial charge is 0.281 e.